The van der Waals surface area contributed by atoms with Crippen molar-refractivity contribution in [1.29, 1.82) is 0 Å². The van der Waals surface area contributed by atoms with Crippen LogP contribution in [-0.4, -0.2) is 12.5 Å². The van der Waals surface area contributed by atoms with Crippen molar-refractivity contribution in [3.05, 3.63) is 47.8 Å². The SMILES string of the molecule is CCC(C)(C)CNC(=O)c1ccc(F)c2ccccc12. The third-order valence-corrected chi connectivity index (χ3v) is 3.80. The van der Waals surface area contributed by atoms with Crippen LogP contribution in [0.15, 0.2) is 36.4 Å². The zero-order chi connectivity index (χ0) is 14.8. The molecule has 1 N–H and O–H groups in total. The lowest BCUT2D eigenvalue weighted by molar-refractivity contribution is 0.0937. The lowest BCUT2D eigenvalue weighted by Crippen LogP contribution is -2.33. The van der Waals surface area contributed by atoms with Gasteiger partial charge in [-0.2, -0.15) is 0 Å². The fraction of sp³-hybridized carbons (Fsp3) is 0.353. The van der Waals surface area contributed by atoms with Gasteiger partial charge >= 0.3 is 0 Å². The van der Waals surface area contributed by atoms with Gasteiger partial charge in [-0.15, -0.1) is 0 Å². The van der Waals surface area contributed by atoms with E-state index in [1.165, 1.54) is 6.07 Å². The number of benzene rings is 2. The summed E-state index contributed by atoms with van der Waals surface area (Å²) >= 11 is 0. The molecule has 0 fully saturated rings. The maximum absolute atomic E-state index is 13.7. The Balaban J connectivity index is 2.29. The van der Waals surface area contributed by atoms with E-state index in [0.717, 1.165) is 6.42 Å². The Morgan fingerprint density at radius 2 is 1.80 bits per heavy atom. The van der Waals surface area contributed by atoms with Gasteiger partial charge in [-0.25, -0.2) is 4.39 Å². The van der Waals surface area contributed by atoms with Gasteiger partial charge in [-0.3, -0.25) is 4.79 Å². The highest BCUT2D eigenvalue weighted by atomic mass is 19.1. The van der Waals surface area contributed by atoms with Crippen molar-refractivity contribution in [2.24, 2.45) is 5.41 Å². The molecule has 0 aromatic heterocycles. The van der Waals surface area contributed by atoms with E-state index < -0.39 is 0 Å². The maximum Gasteiger partial charge on any atom is 0.251 e. The first kappa shape index (κ1) is 14.5. The highest BCUT2D eigenvalue weighted by Gasteiger charge is 2.18. The summed E-state index contributed by atoms with van der Waals surface area (Å²) in [6.07, 6.45) is 0.984. The summed E-state index contributed by atoms with van der Waals surface area (Å²) in [7, 11) is 0. The summed E-state index contributed by atoms with van der Waals surface area (Å²) in [4.78, 5) is 12.3. The lowest BCUT2D eigenvalue weighted by atomic mass is 9.90. The molecule has 0 bridgehead atoms. The Morgan fingerprint density at radius 1 is 1.15 bits per heavy atom. The van der Waals surface area contributed by atoms with Crippen LogP contribution in [0.3, 0.4) is 0 Å². The molecule has 0 saturated carbocycles. The first-order chi connectivity index (χ1) is 9.44. The Hall–Kier alpha value is -1.90. The number of amides is 1. The molecule has 20 heavy (non-hydrogen) atoms. The molecule has 0 heterocycles. The molecule has 0 radical (unpaired) electrons. The fourth-order valence-corrected chi connectivity index (χ4v) is 2.00. The molecule has 0 spiro atoms. The van der Waals surface area contributed by atoms with Gasteiger partial charge in [0.1, 0.15) is 5.82 Å². The molecule has 2 rings (SSSR count). The molecule has 0 aliphatic carbocycles. The second-order valence-corrected chi connectivity index (χ2v) is 5.84. The largest absolute Gasteiger partial charge is 0.351 e. The number of rotatable bonds is 4. The normalized spacial score (nSPS) is 11.6. The van der Waals surface area contributed by atoms with Crippen LogP contribution in [0.4, 0.5) is 4.39 Å². The van der Waals surface area contributed by atoms with Crippen molar-refractivity contribution in [2.75, 3.05) is 6.54 Å². The molecular formula is C17H20FNO. The van der Waals surface area contributed by atoms with Crippen molar-refractivity contribution in [1.82, 2.24) is 5.32 Å². The molecule has 0 saturated heterocycles. The summed E-state index contributed by atoms with van der Waals surface area (Å²) in [5.41, 5.74) is 0.583. The van der Waals surface area contributed by atoms with Crippen molar-refractivity contribution < 1.29 is 9.18 Å². The lowest BCUT2D eigenvalue weighted by Gasteiger charge is -2.23. The van der Waals surface area contributed by atoms with Crippen LogP contribution in [0, 0.1) is 11.2 Å². The van der Waals surface area contributed by atoms with E-state index >= 15 is 0 Å². The second kappa shape index (κ2) is 5.61. The van der Waals surface area contributed by atoms with E-state index in [9.17, 15) is 9.18 Å². The molecule has 106 valence electrons. The van der Waals surface area contributed by atoms with Gasteiger partial charge in [0.05, 0.1) is 0 Å². The van der Waals surface area contributed by atoms with E-state index in [1.807, 2.05) is 6.07 Å². The molecule has 2 aromatic rings. The quantitative estimate of drug-likeness (QED) is 0.891. The van der Waals surface area contributed by atoms with Crippen molar-refractivity contribution in [2.45, 2.75) is 27.2 Å². The van der Waals surface area contributed by atoms with E-state index in [1.54, 1.807) is 24.3 Å². The minimum absolute atomic E-state index is 0.0610. The number of carbonyl (C=O) groups excluding carboxylic acids is 1. The monoisotopic (exact) mass is 273 g/mol. The summed E-state index contributed by atoms with van der Waals surface area (Å²) < 4.78 is 13.7. The van der Waals surface area contributed by atoms with E-state index in [4.69, 9.17) is 0 Å². The van der Waals surface area contributed by atoms with Crippen LogP contribution < -0.4 is 5.32 Å². The third-order valence-electron chi connectivity index (χ3n) is 3.80. The molecule has 0 atom stereocenters. The summed E-state index contributed by atoms with van der Waals surface area (Å²) in [6, 6.07) is 9.95. The molecule has 0 unspecified atom stereocenters. The first-order valence-corrected chi connectivity index (χ1v) is 6.90. The van der Waals surface area contributed by atoms with Gasteiger partial charge in [0.15, 0.2) is 0 Å². The van der Waals surface area contributed by atoms with Gasteiger partial charge in [0, 0.05) is 17.5 Å². The molecule has 2 aromatic carbocycles. The second-order valence-electron chi connectivity index (χ2n) is 5.84. The minimum Gasteiger partial charge on any atom is -0.351 e. The standard InChI is InChI=1S/C17H20FNO/c1-4-17(2,3)11-19-16(20)14-9-10-15(18)13-8-6-5-7-12(13)14/h5-10H,4,11H2,1-3H3,(H,19,20). The average molecular weight is 273 g/mol. The Kier molecular flexibility index (Phi) is 4.07. The first-order valence-electron chi connectivity index (χ1n) is 6.90. The summed E-state index contributed by atoms with van der Waals surface area (Å²) in [5.74, 6) is -0.450. The Morgan fingerprint density at radius 3 is 2.45 bits per heavy atom. The summed E-state index contributed by atoms with van der Waals surface area (Å²) in [6.45, 7) is 6.92. The van der Waals surface area contributed by atoms with Crippen molar-refractivity contribution >= 4 is 16.7 Å². The zero-order valence-corrected chi connectivity index (χ0v) is 12.2. The number of hydrogen-bond donors (Lipinski definition) is 1. The van der Waals surface area contributed by atoms with Crippen LogP contribution in [0.5, 0.6) is 0 Å². The fourth-order valence-electron chi connectivity index (χ4n) is 2.00. The Bertz CT molecular complexity index is 634. The number of carbonyl (C=O) groups is 1. The highest BCUT2D eigenvalue weighted by molar-refractivity contribution is 6.07. The van der Waals surface area contributed by atoms with E-state index in [2.05, 4.69) is 26.1 Å². The van der Waals surface area contributed by atoms with Crippen LogP contribution in [0.1, 0.15) is 37.6 Å². The molecule has 2 nitrogen and oxygen atoms in total. The molecular weight excluding hydrogens is 253 g/mol. The molecule has 0 aliphatic heterocycles. The van der Waals surface area contributed by atoms with Gasteiger partial charge in [0.25, 0.3) is 5.91 Å². The van der Waals surface area contributed by atoms with Gasteiger partial charge in [-0.1, -0.05) is 45.0 Å². The number of nitrogens with one attached hydrogen (secondary N) is 1. The van der Waals surface area contributed by atoms with E-state index in [0.29, 0.717) is 22.9 Å². The topological polar surface area (TPSA) is 29.1 Å². The maximum atomic E-state index is 13.7. The highest BCUT2D eigenvalue weighted by Crippen LogP contribution is 2.22. The number of fused-ring (bicyclic) bond motifs is 1. The Labute approximate surface area is 119 Å². The average Bonchev–Trinajstić information content (AvgIpc) is 2.46. The zero-order valence-electron chi connectivity index (χ0n) is 12.2. The van der Waals surface area contributed by atoms with Crippen LogP contribution in [-0.2, 0) is 0 Å². The van der Waals surface area contributed by atoms with Gasteiger partial charge < -0.3 is 5.32 Å². The molecule has 3 heteroatoms. The minimum atomic E-state index is -0.300. The van der Waals surface area contributed by atoms with Crippen molar-refractivity contribution in [3.63, 3.8) is 0 Å². The number of halogens is 1. The molecule has 0 aliphatic rings. The van der Waals surface area contributed by atoms with Crippen LogP contribution in [0.2, 0.25) is 0 Å². The van der Waals surface area contributed by atoms with Gasteiger partial charge in [-0.05, 0) is 29.4 Å². The summed E-state index contributed by atoms with van der Waals surface area (Å²) in [5, 5.41) is 4.07. The van der Waals surface area contributed by atoms with Gasteiger partial charge in [0.2, 0.25) is 0 Å². The van der Waals surface area contributed by atoms with Crippen LogP contribution in [0.25, 0.3) is 10.8 Å². The van der Waals surface area contributed by atoms with Crippen molar-refractivity contribution in [3.8, 4) is 0 Å². The smallest absolute Gasteiger partial charge is 0.251 e. The number of hydrogen-bond acceptors (Lipinski definition) is 1. The predicted molar refractivity (Wildman–Crippen MR) is 80.3 cm³/mol. The molecule has 1 amide bonds. The van der Waals surface area contributed by atoms with Crippen LogP contribution >= 0.6 is 0 Å². The predicted octanol–water partition coefficient (Wildman–Crippen LogP) is 4.14. The third kappa shape index (κ3) is 2.98. The van der Waals surface area contributed by atoms with E-state index in [-0.39, 0.29) is 17.1 Å².